The summed E-state index contributed by atoms with van der Waals surface area (Å²) in [6, 6.07) is 5.55. The fraction of sp³-hybridized carbons (Fsp3) is 0.444. The number of hydrogen-bond acceptors (Lipinski definition) is 7. The van der Waals surface area contributed by atoms with Crippen molar-refractivity contribution in [3.63, 3.8) is 0 Å². The first-order valence-electron chi connectivity index (χ1n) is 8.22. The Morgan fingerprint density at radius 3 is 1.92 bits per heavy atom. The van der Waals surface area contributed by atoms with Crippen molar-refractivity contribution in [2.24, 2.45) is 0 Å². The maximum atomic E-state index is 12.4. The van der Waals surface area contributed by atoms with E-state index in [1.165, 1.54) is 24.3 Å². The molecule has 0 aliphatic rings. The molecule has 0 saturated heterocycles. The van der Waals surface area contributed by atoms with Gasteiger partial charge in [0.05, 0.1) is 13.2 Å². The maximum absolute atomic E-state index is 12.4. The standard InChI is InChI=1S/C18H23NO7/c1-4-25-16(23)18(19-12(3)20,17(24)26-5-2)11-10-15(22)13-6-8-14(21)9-7-13/h6-9,21H,4-5,10-11H2,1-3H3,(H,19,20). The fourth-order valence-electron chi connectivity index (χ4n) is 2.35. The number of Topliss-reactive ketones (excluding diaryl/α,β-unsaturated/α-hetero) is 1. The highest BCUT2D eigenvalue weighted by atomic mass is 16.6. The molecule has 26 heavy (non-hydrogen) atoms. The molecule has 8 nitrogen and oxygen atoms in total. The van der Waals surface area contributed by atoms with Crippen molar-refractivity contribution in [3.8, 4) is 5.75 Å². The van der Waals surface area contributed by atoms with Gasteiger partial charge in [0.15, 0.2) is 5.78 Å². The van der Waals surface area contributed by atoms with Crippen molar-refractivity contribution >= 4 is 23.6 Å². The molecule has 8 heteroatoms. The summed E-state index contributed by atoms with van der Waals surface area (Å²) in [5.74, 6) is -2.96. The molecule has 0 spiro atoms. The molecule has 1 rings (SSSR count). The lowest BCUT2D eigenvalue weighted by Gasteiger charge is -2.29. The smallest absolute Gasteiger partial charge is 0.343 e. The molecule has 0 aliphatic carbocycles. The van der Waals surface area contributed by atoms with Crippen LogP contribution in [0.1, 0.15) is 44.0 Å². The predicted molar refractivity (Wildman–Crippen MR) is 91.5 cm³/mol. The van der Waals surface area contributed by atoms with Crippen molar-refractivity contribution < 1.29 is 33.8 Å². The molecule has 0 aromatic heterocycles. The molecule has 1 amide bonds. The van der Waals surface area contributed by atoms with Crippen LogP contribution in [0.3, 0.4) is 0 Å². The SMILES string of the molecule is CCOC(=O)C(CCC(=O)c1ccc(O)cc1)(NC(C)=O)C(=O)OCC. The van der Waals surface area contributed by atoms with Gasteiger partial charge in [0, 0.05) is 18.9 Å². The van der Waals surface area contributed by atoms with Crippen LogP contribution in [0.4, 0.5) is 0 Å². The van der Waals surface area contributed by atoms with Gasteiger partial charge in [-0.05, 0) is 44.5 Å². The van der Waals surface area contributed by atoms with E-state index in [2.05, 4.69) is 5.32 Å². The van der Waals surface area contributed by atoms with Crippen LogP contribution in [-0.4, -0.2) is 47.5 Å². The first-order valence-corrected chi connectivity index (χ1v) is 8.22. The van der Waals surface area contributed by atoms with Crippen LogP contribution in [0.2, 0.25) is 0 Å². The largest absolute Gasteiger partial charge is 0.508 e. The second kappa shape index (κ2) is 9.55. The summed E-state index contributed by atoms with van der Waals surface area (Å²) in [4.78, 5) is 48.8. The van der Waals surface area contributed by atoms with E-state index in [9.17, 15) is 24.3 Å². The third-order valence-corrected chi connectivity index (χ3v) is 3.55. The van der Waals surface area contributed by atoms with E-state index in [1.807, 2.05) is 0 Å². The van der Waals surface area contributed by atoms with Gasteiger partial charge in [-0.1, -0.05) is 0 Å². The number of phenols is 1. The number of phenolic OH excluding ortho intramolecular Hbond substituents is 1. The number of carbonyl (C=O) groups is 4. The highest BCUT2D eigenvalue weighted by molar-refractivity contribution is 6.08. The van der Waals surface area contributed by atoms with Crippen LogP contribution in [0.15, 0.2) is 24.3 Å². The van der Waals surface area contributed by atoms with E-state index < -0.39 is 23.4 Å². The summed E-state index contributed by atoms with van der Waals surface area (Å²) in [6.07, 6.45) is -0.535. The first kappa shape index (κ1) is 21.1. The van der Waals surface area contributed by atoms with Gasteiger partial charge in [-0.25, -0.2) is 9.59 Å². The molecule has 0 heterocycles. The van der Waals surface area contributed by atoms with Crippen molar-refractivity contribution in [3.05, 3.63) is 29.8 Å². The number of ketones is 1. The minimum atomic E-state index is -2.09. The third kappa shape index (κ3) is 5.30. The second-order valence-corrected chi connectivity index (χ2v) is 5.50. The summed E-state index contributed by atoms with van der Waals surface area (Å²) in [6.45, 7) is 4.25. The number of nitrogens with one attached hydrogen (secondary N) is 1. The van der Waals surface area contributed by atoms with Crippen LogP contribution in [0, 0.1) is 0 Å². The number of esters is 2. The van der Waals surface area contributed by atoms with E-state index in [0.717, 1.165) is 6.92 Å². The minimum absolute atomic E-state index is 0.00666. The summed E-state index contributed by atoms with van der Waals surface area (Å²) in [5.41, 5.74) is -1.79. The Hall–Kier alpha value is -2.90. The van der Waals surface area contributed by atoms with Crippen molar-refractivity contribution in [1.29, 1.82) is 0 Å². The molecule has 0 unspecified atom stereocenters. The number of benzene rings is 1. The second-order valence-electron chi connectivity index (χ2n) is 5.50. The molecule has 0 radical (unpaired) electrons. The van der Waals surface area contributed by atoms with E-state index >= 15 is 0 Å². The van der Waals surface area contributed by atoms with Gasteiger partial charge in [0.1, 0.15) is 5.75 Å². The van der Waals surface area contributed by atoms with Crippen LogP contribution >= 0.6 is 0 Å². The molecule has 1 aromatic rings. The first-order chi connectivity index (χ1) is 12.3. The zero-order valence-electron chi connectivity index (χ0n) is 15.0. The van der Waals surface area contributed by atoms with Crippen molar-refractivity contribution in [2.45, 2.75) is 39.2 Å². The van der Waals surface area contributed by atoms with E-state index in [1.54, 1.807) is 13.8 Å². The molecule has 0 aliphatic heterocycles. The van der Waals surface area contributed by atoms with Gasteiger partial charge in [-0.15, -0.1) is 0 Å². The summed E-state index contributed by atoms with van der Waals surface area (Å²) in [5, 5.41) is 11.6. The fourth-order valence-corrected chi connectivity index (χ4v) is 2.35. The van der Waals surface area contributed by atoms with Crippen LogP contribution < -0.4 is 5.32 Å². The number of ether oxygens (including phenoxy) is 2. The molecule has 0 saturated carbocycles. The zero-order valence-corrected chi connectivity index (χ0v) is 15.0. The van der Waals surface area contributed by atoms with Gasteiger partial charge >= 0.3 is 11.9 Å². The quantitative estimate of drug-likeness (QED) is 0.385. The van der Waals surface area contributed by atoms with Crippen molar-refractivity contribution in [1.82, 2.24) is 5.32 Å². The lowest BCUT2D eigenvalue weighted by atomic mass is 9.90. The normalized spacial score (nSPS) is 10.7. The molecule has 1 aromatic carbocycles. The van der Waals surface area contributed by atoms with Gasteiger partial charge in [-0.2, -0.15) is 0 Å². The van der Waals surface area contributed by atoms with Crippen LogP contribution in [0.25, 0.3) is 0 Å². The maximum Gasteiger partial charge on any atom is 0.343 e. The number of rotatable bonds is 9. The molecule has 0 fully saturated rings. The number of amides is 1. The molecule has 2 N–H and O–H groups in total. The Kier molecular flexibility index (Phi) is 7.77. The number of hydrogen-bond donors (Lipinski definition) is 2. The summed E-state index contributed by atoms with van der Waals surface area (Å²) in [7, 11) is 0. The molecule has 142 valence electrons. The number of aromatic hydroxyl groups is 1. The Bertz CT molecular complexity index is 649. The Morgan fingerprint density at radius 1 is 1.00 bits per heavy atom. The van der Waals surface area contributed by atoms with E-state index in [4.69, 9.17) is 9.47 Å². The zero-order chi connectivity index (χ0) is 19.7. The highest BCUT2D eigenvalue weighted by Crippen LogP contribution is 2.21. The average Bonchev–Trinajstić information content (AvgIpc) is 2.59. The Morgan fingerprint density at radius 2 is 1.50 bits per heavy atom. The highest BCUT2D eigenvalue weighted by Gasteiger charge is 2.50. The third-order valence-electron chi connectivity index (χ3n) is 3.55. The monoisotopic (exact) mass is 365 g/mol. The van der Waals surface area contributed by atoms with E-state index in [0.29, 0.717) is 5.56 Å². The molecule has 0 bridgehead atoms. The molecular formula is C18H23NO7. The average molecular weight is 365 g/mol. The van der Waals surface area contributed by atoms with Crippen LogP contribution in [0.5, 0.6) is 5.75 Å². The molecule has 0 atom stereocenters. The summed E-state index contributed by atoms with van der Waals surface area (Å²) >= 11 is 0. The topological polar surface area (TPSA) is 119 Å². The van der Waals surface area contributed by atoms with Gasteiger partial charge < -0.3 is 19.9 Å². The van der Waals surface area contributed by atoms with Gasteiger partial charge in [0.2, 0.25) is 11.4 Å². The lowest BCUT2D eigenvalue weighted by Crippen LogP contribution is -2.61. The Labute approximate surface area is 151 Å². The van der Waals surface area contributed by atoms with Gasteiger partial charge in [-0.3, -0.25) is 9.59 Å². The van der Waals surface area contributed by atoms with E-state index in [-0.39, 0.29) is 37.6 Å². The summed E-state index contributed by atoms with van der Waals surface area (Å²) < 4.78 is 9.86. The predicted octanol–water partition coefficient (Wildman–Crippen LogP) is 1.36. The van der Waals surface area contributed by atoms with Crippen molar-refractivity contribution in [2.75, 3.05) is 13.2 Å². The lowest BCUT2D eigenvalue weighted by molar-refractivity contribution is -0.168. The minimum Gasteiger partial charge on any atom is -0.508 e. The number of carbonyl (C=O) groups excluding carboxylic acids is 4. The van der Waals surface area contributed by atoms with Crippen LogP contribution in [-0.2, 0) is 23.9 Å². The molecular weight excluding hydrogens is 342 g/mol. The Balaban J connectivity index is 3.10. The van der Waals surface area contributed by atoms with Gasteiger partial charge in [0.25, 0.3) is 0 Å².